The van der Waals surface area contributed by atoms with Crippen LogP contribution in [-0.4, -0.2) is 16.9 Å². The molecule has 0 bridgehead atoms. The van der Waals surface area contributed by atoms with Gasteiger partial charge in [0.25, 0.3) is 5.91 Å². The van der Waals surface area contributed by atoms with Crippen molar-refractivity contribution in [1.82, 2.24) is 0 Å². The van der Waals surface area contributed by atoms with Gasteiger partial charge < -0.3 is 10.4 Å². The van der Waals surface area contributed by atoms with Crippen molar-refractivity contribution < 1.29 is 14.7 Å². The van der Waals surface area contributed by atoms with Crippen molar-refractivity contribution in [3.8, 4) is 0 Å². The zero-order valence-corrected chi connectivity index (χ0v) is 14.0. The molecule has 0 atom stereocenters. The number of carbonyl (C=O) groups is 2. The van der Waals surface area contributed by atoms with Crippen LogP contribution in [0, 0.1) is 13.8 Å². The molecular weight excluding hydrogens is 316 g/mol. The van der Waals surface area contributed by atoms with E-state index < -0.39 is 11.7 Å². The Hall–Kier alpha value is -3.34. The Bertz CT molecular complexity index is 895. The summed E-state index contributed by atoms with van der Waals surface area (Å²) in [6, 6.07) is 14.7. The summed E-state index contributed by atoms with van der Waals surface area (Å²) in [5.74, 6) is -1.32. The number of aryl methyl sites for hydroxylation is 2. The molecule has 0 aromatic heterocycles. The van der Waals surface area contributed by atoms with Crippen molar-refractivity contribution in [3.05, 3.63) is 83.3 Å². The van der Waals surface area contributed by atoms with Gasteiger partial charge in [0.15, 0.2) is 5.76 Å². The fraction of sp³-hybridized carbons (Fsp3) is 0.100. The van der Waals surface area contributed by atoms with E-state index in [2.05, 4.69) is 5.32 Å². The van der Waals surface area contributed by atoms with Crippen LogP contribution in [0.15, 0.2) is 72.1 Å². The Kier molecular flexibility index (Phi) is 4.39. The average molecular weight is 334 g/mol. The highest BCUT2D eigenvalue weighted by Gasteiger charge is 2.29. The van der Waals surface area contributed by atoms with E-state index in [-0.39, 0.29) is 5.91 Å². The quantitative estimate of drug-likeness (QED) is 0.843. The van der Waals surface area contributed by atoms with E-state index >= 15 is 0 Å². The molecule has 2 N–H and O–H groups in total. The number of aliphatic hydroxyl groups is 1. The summed E-state index contributed by atoms with van der Waals surface area (Å²) in [6.07, 6.45) is 2.59. The van der Waals surface area contributed by atoms with Crippen LogP contribution in [0.1, 0.15) is 11.1 Å². The van der Waals surface area contributed by atoms with Gasteiger partial charge in [-0.05, 0) is 37.6 Å². The van der Waals surface area contributed by atoms with Gasteiger partial charge in [-0.3, -0.25) is 14.5 Å². The largest absolute Gasteiger partial charge is 0.503 e. The van der Waals surface area contributed by atoms with Gasteiger partial charge >= 0.3 is 0 Å². The van der Waals surface area contributed by atoms with Crippen molar-refractivity contribution >= 4 is 23.2 Å². The molecule has 2 aromatic carbocycles. The molecule has 3 rings (SSSR count). The van der Waals surface area contributed by atoms with E-state index in [0.717, 1.165) is 11.1 Å². The maximum atomic E-state index is 12.3. The number of carbonyl (C=O) groups excluding carboxylic acids is 2. The predicted octanol–water partition coefficient (Wildman–Crippen LogP) is 3.61. The number of nitrogens with zero attached hydrogens (tertiary/aromatic N) is 1. The molecule has 0 saturated heterocycles. The number of hydrogen-bond donors (Lipinski definition) is 2. The Morgan fingerprint density at radius 2 is 1.76 bits per heavy atom. The van der Waals surface area contributed by atoms with Crippen LogP contribution < -0.4 is 10.2 Å². The second-order valence-corrected chi connectivity index (χ2v) is 5.88. The molecule has 1 heterocycles. The molecule has 5 heteroatoms. The summed E-state index contributed by atoms with van der Waals surface area (Å²) >= 11 is 0. The van der Waals surface area contributed by atoms with Crippen LogP contribution in [0.2, 0.25) is 0 Å². The molecule has 0 saturated carbocycles. The number of aliphatic hydroxyl groups excluding tert-OH is 1. The number of amides is 2. The monoisotopic (exact) mass is 334 g/mol. The number of rotatable bonds is 3. The lowest BCUT2D eigenvalue weighted by molar-refractivity contribution is -0.116. The molecule has 0 unspecified atom stereocenters. The highest BCUT2D eigenvalue weighted by Crippen LogP contribution is 2.28. The number of anilines is 2. The minimum Gasteiger partial charge on any atom is -0.503 e. The van der Waals surface area contributed by atoms with Crippen LogP contribution in [0.4, 0.5) is 11.4 Å². The third kappa shape index (κ3) is 3.45. The minimum atomic E-state index is -0.557. The summed E-state index contributed by atoms with van der Waals surface area (Å²) in [5.41, 5.74) is 3.59. The zero-order valence-electron chi connectivity index (χ0n) is 14.0. The smallest absolute Gasteiger partial charge is 0.297 e. The number of hydrogen-bond acceptors (Lipinski definition) is 3. The van der Waals surface area contributed by atoms with Crippen molar-refractivity contribution in [2.75, 3.05) is 10.2 Å². The fourth-order valence-corrected chi connectivity index (χ4v) is 2.58. The molecule has 25 heavy (non-hydrogen) atoms. The Labute approximate surface area is 145 Å². The summed E-state index contributed by atoms with van der Waals surface area (Å²) in [6.45, 7) is 3.84. The second kappa shape index (κ2) is 6.65. The molecule has 126 valence electrons. The predicted molar refractivity (Wildman–Crippen MR) is 97.3 cm³/mol. The Morgan fingerprint density at radius 3 is 2.44 bits per heavy atom. The van der Waals surface area contributed by atoms with E-state index in [9.17, 15) is 14.7 Å². The van der Waals surface area contributed by atoms with E-state index in [1.165, 1.54) is 17.1 Å². The van der Waals surface area contributed by atoms with Crippen molar-refractivity contribution in [2.24, 2.45) is 0 Å². The minimum absolute atomic E-state index is 0.317. The lowest BCUT2D eigenvalue weighted by Gasteiger charge is -2.18. The third-order valence-electron chi connectivity index (χ3n) is 3.94. The lowest BCUT2D eigenvalue weighted by Crippen LogP contribution is -2.26. The number of allylic oxidation sites excluding steroid dienone is 1. The number of para-hydroxylation sites is 1. The first-order chi connectivity index (χ1) is 12.0. The summed E-state index contributed by atoms with van der Waals surface area (Å²) in [4.78, 5) is 25.9. The molecule has 0 spiro atoms. The fourth-order valence-electron chi connectivity index (χ4n) is 2.58. The summed E-state index contributed by atoms with van der Waals surface area (Å²) in [7, 11) is 0. The lowest BCUT2D eigenvalue weighted by atomic mass is 10.2. The van der Waals surface area contributed by atoms with Gasteiger partial charge in [0.05, 0.1) is 5.70 Å². The first-order valence-electron chi connectivity index (χ1n) is 7.86. The molecule has 1 aliphatic rings. The maximum absolute atomic E-state index is 12.3. The maximum Gasteiger partial charge on any atom is 0.297 e. The molecule has 1 aliphatic heterocycles. The van der Waals surface area contributed by atoms with Crippen LogP contribution in [-0.2, 0) is 9.59 Å². The SMILES string of the molecule is Cc1ccc(N2C(=O)C(O)=C/C2=C\C(=O)Nc2ccccc2C)cc1. The van der Waals surface area contributed by atoms with E-state index in [4.69, 9.17) is 0 Å². The molecular formula is C20H18N2O3. The van der Waals surface area contributed by atoms with Crippen molar-refractivity contribution in [1.29, 1.82) is 0 Å². The molecule has 2 aromatic rings. The van der Waals surface area contributed by atoms with Crippen molar-refractivity contribution in [2.45, 2.75) is 13.8 Å². The molecule has 5 nitrogen and oxygen atoms in total. The highest BCUT2D eigenvalue weighted by atomic mass is 16.3. The topological polar surface area (TPSA) is 69.6 Å². The first-order valence-corrected chi connectivity index (χ1v) is 7.86. The van der Waals surface area contributed by atoms with Crippen LogP contribution in [0.25, 0.3) is 0 Å². The highest BCUT2D eigenvalue weighted by molar-refractivity contribution is 6.12. The summed E-state index contributed by atoms with van der Waals surface area (Å²) < 4.78 is 0. The zero-order chi connectivity index (χ0) is 18.0. The van der Waals surface area contributed by atoms with Gasteiger partial charge in [-0.15, -0.1) is 0 Å². The second-order valence-electron chi connectivity index (χ2n) is 5.88. The summed E-state index contributed by atoms with van der Waals surface area (Å²) in [5, 5.41) is 12.6. The van der Waals surface area contributed by atoms with Gasteiger partial charge in [0, 0.05) is 23.5 Å². The van der Waals surface area contributed by atoms with Gasteiger partial charge in [-0.2, -0.15) is 0 Å². The average Bonchev–Trinajstić information content (AvgIpc) is 2.85. The van der Waals surface area contributed by atoms with Gasteiger partial charge in [-0.1, -0.05) is 35.9 Å². The first kappa shape index (κ1) is 16.5. The standard InChI is InChI=1S/C20H18N2O3/c1-13-7-9-15(10-8-13)22-16(11-18(23)20(22)25)12-19(24)21-17-6-4-3-5-14(17)2/h3-12,23H,1-2H3,(H,21,24)/b16-12+. The number of benzene rings is 2. The normalized spacial score (nSPS) is 15.4. The molecule has 2 amide bonds. The van der Waals surface area contributed by atoms with Crippen LogP contribution >= 0.6 is 0 Å². The molecule has 0 radical (unpaired) electrons. The van der Waals surface area contributed by atoms with Gasteiger partial charge in [0.1, 0.15) is 0 Å². The van der Waals surface area contributed by atoms with Crippen molar-refractivity contribution in [3.63, 3.8) is 0 Å². The number of nitrogens with one attached hydrogen (secondary N) is 1. The van der Waals surface area contributed by atoms with Gasteiger partial charge in [-0.25, -0.2) is 0 Å². The Balaban J connectivity index is 1.89. The molecule has 0 fully saturated rings. The Morgan fingerprint density at radius 1 is 1.08 bits per heavy atom. The van der Waals surface area contributed by atoms with E-state index in [1.54, 1.807) is 18.2 Å². The third-order valence-corrected chi connectivity index (χ3v) is 3.94. The van der Waals surface area contributed by atoms with Crippen LogP contribution in [0.5, 0.6) is 0 Å². The van der Waals surface area contributed by atoms with Crippen LogP contribution in [0.3, 0.4) is 0 Å². The van der Waals surface area contributed by atoms with E-state index in [1.807, 2.05) is 44.2 Å². The van der Waals surface area contributed by atoms with E-state index in [0.29, 0.717) is 17.1 Å². The van der Waals surface area contributed by atoms with Gasteiger partial charge in [0.2, 0.25) is 5.91 Å². The molecule has 0 aliphatic carbocycles.